The van der Waals surface area contributed by atoms with E-state index in [0.717, 1.165) is 24.5 Å². The van der Waals surface area contributed by atoms with E-state index in [9.17, 15) is 0 Å². The largest absolute Gasteiger partial charge is 0.493 e. The molecule has 1 aromatic rings. The van der Waals surface area contributed by atoms with E-state index in [1.165, 1.54) is 25.7 Å². The van der Waals surface area contributed by atoms with E-state index in [4.69, 9.17) is 9.47 Å². The maximum Gasteiger partial charge on any atom is 0.161 e. The SMILES string of the molecule is CCCCCCCOc1ccccc1OC. The fourth-order valence-electron chi connectivity index (χ4n) is 1.63. The molecule has 2 nitrogen and oxygen atoms in total. The Morgan fingerprint density at radius 3 is 2.31 bits per heavy atom. The summed E-state index contributed by atoms with van der Waals surface area (Å²) in [5.74, 6) is 1.66. The van der Waals surface area contributed by atoms with Gasteiger partial charge in [0.1, 0.15) is 0 Å². The zero-order valence-electron chi connectivity index (χ0n) is 10.4. The minimum absolute atomic E-state index is 0.782. The number of rotatable bonds is 8. The van der Waals surface area contributed by atoms with Crippen molar-refractivity contribution in [1.29, 1.82) is 0 Å². The van der Waals surface area contributed by atoms with Gasteiger partial charge < -0.3 is 9.47 Å². The average Bonchev–Trinajstić information content (AvgIpc) is 2.34. The molecule has 0 radical (unpaired) electrons. The van der Waals surface area contributed by atoms with Crippen LogP contribution in [-0.4, -0.2) is 13.7 Å². The highest BCUT2D eigenvalue weighted by Gasteiger charge is 2.01. The summed E-state index contributed by atoms with van der Waals surface area (Å²) in [5.41, 5.74) is 0. The lowest BCUT2D eigenvalue weighted by Crippen LogP contribution is -1.99. The second-order valence-corrected chi connectivity index (χ2v) is 3.91. The summed E-state index contributed by atoms with van der Waals surface area (Å²) in [5, 5.41) is 0. The predicted octanol–water partition coefficient (Wildman–Crippen LogP) is 4.04. The average molecular weight is 222 g/mol. The topological polar surface area (TPSA) is 18.5 Å². The van der Waals surface area contributed by atoms with Crippen molar-refractivity contribution in [2.24, 2.45) is 0 Å². The molecule has 16 heavy (non-hydrogen) atoms. The van der Waals surface area contributed by atoms with Gasteiger partial charge in [-0.05, 0) is 18.6 Å². The Bertz CT molecular complexity index is 284. The Kier molecular flexibility index (Phi) is 6.47. The molecule has 0 N–H and O–H groups in total. The van der Waals surface area contributed by atoms with Crippen LogP contribution in [0.4, 0.5) is 0 Å². The molecule has 0 heterocycles. The van der Waals surface area contributed by atoms with Crippen LogP contribution in [0.3, 0.4) is 0 Å². The second kappa shape index (κ2) is 8.03. The fourth-order valence-corrected chi connectivity index (χ4v) is 1.63. The summed E-state index contributed by atoms with van der Waals surface area (Å²) in [6.45, 7) is 3.01. The highest BCUT2D eigenvalue weighted by Crippen LogP contribution is 2.25. The van der Waals surface area contributed by atoms with Gasteiger partial charge in [-0.25, -0.2) is 0 Å². The zero-order chi connectivity index (χ0) is 11.6. The Balaban J connectivity index is 2.21. The summed E-state index contributed by atoms with van der Waals surface area (Å²) < 4.78 is 10.9. The summed E-state index contributed by atoms with van der Waals surface area (Å²) in [7, 11) is 1.67. The van der Waals surface area contributed by atoms with Gasteiger partial charge in [0.25, 0.3) is 0 Å². The highest BCUT2D eigenvalue weighted by atomic mass is 16.5. The molecule has 0 atom stereocenters. The maximum atomic E-state index is 5.68. The van der Waals surface area contributed by atoms with Gasteiger partial charge in [0.05, 0.1) is 13.7 Å². The molecule has 0 amide bonds. The van der Waals surface area contributed by atoms with E-state index in [1.54, 1.807) is 7.11 Å². The Hall–Kier alpha value is -1.18. The molecule has 0 aliphatic rings. The van der Waals surface area contributed by atoms with Crippen LogP contribution < -0.4 is 9.47 Å². The van der Waals surface area contributed by atoms with Crippen molar-refractivity contribution >= 4 is 0 Å². The smallest absolute Gasteiger partial charge is 0.161 e. The third-order valence-electron chi connectivity index (χ3n) is 2.57. The number of benzene rings is 1. The van der Waals surface area contributed by atoms with Crippen LogP contribution in [0.5, 0.6) is 11.5 Å². The van der Waals surface area contributed by atoms with E-state index in [-0.39, 0.29) is 0 Å². The Labute approximate surface area is 98.6 Å². The number of unbranched alkanes of at least 4 members (excludes halogenated alkanes) is 4. The molecule has 2 heteroatoms. The fraction of sp³-hybridized carbons (Fsp3) is 0.571. The molecule has 0 saturated heterocycles. The number of hydrogen-bond acceptors (Lipinski definition) is 2. The first-order valence-electron chi connectivity index (χ1n) is 6.14. The van der Waals surface area contributed by atoms with Crippen LogP contribution in [0.1, 0.15) is 39.0 Å². The van der Waals surface area contributed by atoms with Gasteiger partial charge in [-0.3, -0.25) is 0 Å². The minimum Gasteiger partial charge on any atom is -0.493 e. The van der Waals surface area contributed by atoms with Gasteiger partial charge in [-0.2, -0.15) is 0 Å². The third kappa shape index (κ3) is 4.56. The van der Waals surface area contributed by atoms with Crippen LogP contribution >= 0.6 is 0 Å². The van der Waals surface area contributed by atoms with Crippen LogP contribution in [0, 0.1) is 0 Å². The third-order valence-corrected chi connectivity index (χ3v) is 2.57. The van der Waals surface area contributed by atoms with Crippen molar-refractivity contribution in [3.8, 4) is 11.5 Å². The van der Waals surface area contributed by atoms with Crippen molar-refractivity contribution in [1.82, 2.24) is 0 Å². The lowest BCUT2D eigenvalue weighted by Gasteiger charge is -2.09. The number of para-hydroxylation sites is 2. The standard InChI is InChI=1S/C14H22O2/c1-3-4-5-6-9-12-16-14-11-8-7-10-13(14)15-2/h7-8,10-11H,3-6,9,12H2,1-2H3. The molecular formula is C14H22O2. The van der Waals surface area contributed by atoms with E-state index in [0.29, 0.717) is 0 Å². The van der Waals surface area contributed by atoms with Gasteiger partial charge in [-0.15, -0.1) is 0 Å². The molecule has 0 aliphatic carbocycles. The molecule has 0 fully saturated rings. The van der Waals surface area contributed by atoms with Crippen LogP contribution in [0.25, 0.3) is 0 Å². The zero-order valence-corrected chi connectivity index (χ0v) is 10.4. The van der Waals surface area contributed by atoms with Crippen LogP contribution in [-0.2, 0) is 0 Å². The molecular weight excluding hydrogens is 200 g/mol. The number of methoxy groups -OCH3 is 1. The van der Waals surface area contributed by atoms with E-state index < -0.39 is 0 Å². The second-order valence-electron chi connectivity index (χ2n) is 3.91. The lowest BCUT2D eigenvalue weighted by atomic mass is 10.2. The molecule has 0 unspecified atom stereocenters. The van der Waals surface area contributed by atoms with Gasteiger partial charge >= 0.3 is 0 Å². The molecule has 0 aromatic heterocycles. The van der Waals surface area contributed by atoms with E-state index >= 15 is 0 Å². The molecule has 0 aliphatic heterocycles. The normalized spacial score (nSPS) is 10.1. The van der Waals surface area contributed by atoms with Gasteiger partial charge in [-0.1, -0.05) is 44.7 Å². The van der Waals surface area contributed by atoms with Gasteiger partial charge in [0.2, 0.25) is 0 Å². The first-order chi connectivity index (χ1) is 7.88. The predicted molar refractivity (Wildman–Crippen MR) is 67.2 cm³/mol. The Morgan fingerprint density at radius 2 is 1.62 bits per heavy atom. The molecule has 90 valence electrons. The number of hydrogen-bond donors (Lipinski definition) is 0. The van der Waals surface area contributed by atoms with Crippen LogP contribution in [0.15, 0.2) is 24.3 Å². The molecule has 0 bridgehead atoms. The minimum atomic E-state index is 0.782. The van der Waals surface area contributed by atoms with E-state index in [1.807, 2.05) is 24.3 Å². The quantitative estimate of drug-likeness (QED) is 0.618. The van der Waals surface area contributed by atoms with Crippen molar-refractivity contribution in [3.63, 3.8) is 0 Å². The number of ether oxygens (including phenoxy) is 2. The Morgan fingerprint density at radius 1 is 0.938 bits per heavy atom. The van der Waals surface area contributed by atoms with Gasteiger partial charge in [0, 0.05) is 0 Å². The summed E-state index contributed by atoms with van der Waals surface area (Å²) in [6.07, 6.45) is 6.30. The van der Waals surface area contributed by atoms with Crippen molar-refractivity contribution in [3.05, 3.63) is 24.3 Å². The molecule has 1 rings (SSSR count). The summed E-state index contributed by atoms with van der Waals surface area (Å²) in [4.78, 5) is 0. The monoisotopic (exact) mass is 222 g/mol. The van der Waals surface area contributed by atoms with Crippen molar-refractivity contribution in [2.75, 3.05) is 13.7 Å². The molecule has 0 spiro atoms. The maximum absolute atomic E-state index is 5.68. The summed E-state index contributed by atoms with van der Waals surface area (Å²) >= 11 is 0. The first kappa shape index (κ1) is 12.9. The summed E-state index contributed by atoms with van der Waals surface area (Å²) in [6, 6.07) is 7.79. The van der Waals surface area contributed by atoms with Gasteiger partial charge in [0.15, 0.2) is 11.5 Å². The first-order valence-corrected chi connectivity index (χ1v) is 6.14. The van der Waals surface area contributed by atoms with Crippen molar-refractivity contribution < 1.29 is 9.47 Å². The molecule has 1 aromatic carbocycles. The molecule has 0 saturated carbocycles. The van der Waals surface area contributed by atoms with Crippen molar-refractivity contribution in [2.45, 2.75) is 39.0 Å². The highest BCUT2D eigenvalue weighted by molar-refractivity contribution is 5.39. The lowest BCUT2D eigenvalue weighted by molar-refractivity contribution is 0.285. The van der Waals surface area contributed by atoms with E-state index in [2.05, 4.69) is 6.92 Å². The van der Waals surface area contributed by atoms with Crippen LogP contribution in [0.2, 0.25) is 0 Å².